The number of fused-ring (bicyclic) bond motifs is 1. The third-order valence-electron chi connectivity index (χ3n) is 4.69. The average Bonchev–Trinajstić information content (AvgIpc) is 3.04. The molecular weight excluding hydrogens is 404 g/mol. The zero-order chi connectivity index (χ0) is 21.2. The minimum atomic E-state index is -3.46. The second kappa shape index (κ2) is 8.47. The molecule has 0 fully saturated rings. The maximum atomic E-state index is 12.8. The highest BCUT2D eigenvalue weighted by Gasteiger charge is 2.20. The normalized spacial score (nSPS) is 12.6. The second-order valence-corrected chi connectivity index (χ2v) is 10.5. The molecule has 2 aromatic carbocycles. The molecular formula is C22H24N2O3S2. The van der Waals surface area contributed by atoms with Crippen molar-refractivity contribution in [3.8, 4) is 0 Å². The maximum Gasteiger partial charge on any atom is 0.279 e. The zero-order valence-electron chi connectivity index (χ0n) is 16.8. The first-order valence-corrected chi connectivity index (χ1v) is 11.8. The van der Waals surface area contributed by atoms with E-state index in [9.17, 15) is 13.2 Å². The molecule has 0 aliphatic carbocycles. The van der Waals surface area contributed by atoms with Crippen LogP contribution < -0.4 is 4.80 Å². The number of sulfone groups is 1. The lowest BCUT2D eigenvalue weighted by atomic mass is 10.2. The van der Waals surface area contributed by atoms with Gasteiger partial charge in [-0.15, -0.1) is 6.58 Å². The molecule has 0 spiro atoms. The summed E-state index contributed by atoms with van der Waals surface area (Å²) >= 11 is 1.44. The molecule has 3 aromatic rings. The number of carbonyl (C=O) groups excluding carboxylic acids is 1. The van der Waals surface area contributed by atoms with Crippen LogP contribution in [0.5, 0.6) is 0 Å². The molecule has 1 aromatic heterocycles. The van der Waals surface area contributed by atoms with Crippen molar-refractivity contribution in [2.75, 3.05) is 0 Å². The molecule has 29 heavy (non-hydrogen) atoms. The highest BCUT2D eigenvalue weighted by molar-refractivity contribution is 7.92. The van der Waals surface area contributed by atoms with E-state index in [1.54, 1.807) is 32.1 Å². The molecule has 0 aliphatic heterocycles. The molecule has 0 bridgehead atoms. The first-order valence-electron chi connectivity index (χ1n) is 9.44. The van der Waals surface area contributed by atoms with Gasteiger partial charge in [-0.1, -0.05) is 36.5 Å². The first-order chi connectivity index (χ1) is 13.8. The monoisotopic (exact) mass is 428 g/mol. The summed E-state index contributed by atoms with van der Waals surface area (Å²) in [6, 6.07) is 12.3. The van der Waals surface area contributed by atoms with E-state index in [4.69, 9.17) is 0 Å². The molecule has 0 aliphatic rings. The van der Waals surface area contributed by atoms with Gasteiger partial charge in [0.05, 0.1) is 20.4 Å². The third kappa shape index (κ3) is 4.26. The Labute approximate surface area is 175 Å². The van der Waals surface area contributed by atoms with Crippen LogP contribution in [0.15, 0.2) is 65.0 Å². The van der Waals surface area contributed by atoms with Gasteiger partial charge in [-0.25, -0.2) is 8.42 Å². The molecule has 152 valence electrons. The number of hydrogen-bond acceptors (Lipinski definition) is 4. The Bertz CT molecular complexity index is 1250. The lowest BCUT2D eigenvalue weighted by Gasteiger charge is -2.08. The number of allylic oxidation sites excluding steroid dienone is 1. The third-order valence-corrected chi connectivity index (χ3v) is 7.89. The second-order valence-electron chi connectivity index (χ2n) is 6.98. The summed E-state index contributed by atoms with van der Waals surface area (Å²) in [6.45, 7) is 9.66. The Morgan fingerprint density at radius 2 is 2.00 bits per heavy atom. The summed E-state index contributed by atoms with van der Waals surface area (Å²) in [4.78, 5) is 17.8. The molecule has 0 saturated heterocycles. The van der Waals surface area contributed by atoms with Crippen LogP contribution >= 0.6 is 11.3 Å². The van der Waals surface area contributed by atoms with Crippen LogP contribution in [0.1, 0.15) is 36.7 Å². The van der Waals surface area contributed by atoms with E-state index < -0.39 is 21.0 Å². The molecule has 3 rings (SSSR count). The Kier molecular flexibility index (Phi) is 6.19. The highest BCUT2D eigenvalue weighted by Crippen LogP contribution is 2.21. The van der Waals surface area contributed by atoms with Gasteiger partial charge in [-0.2, -0.15) is 4.99 Å². The van der Waals surface area contributed by atoms with E-state index in [1.165, 1.54) is 29.0 Å². The molecule has 7 heteroatoms. The predicted octanol–water partition coefficient (Wildman–Crippen LogP) is 4.37. The van der Waals surface area contributed by atoms with Gasteiger partial charge in [-0.05, 0) is 56.2 Å². The van der Waals surface area contributed by atoms with Crippen LogP contribution in [-0.4, -0.2) is 24.1 Å². The van der Waals surface area contributed by atoms with Crippen LogP contribution in [0.2, 0.25) is 0 Å². The van der Waals surface area contributed by atoms with Crippen molar-refractivity contribution in [2.45, 2.75) is 43.9 Å². The lowest BCUT2D eigenvalue weighted by molar-refractivity contribution is 0.0997. The van der Waals surface area contributed by atoms with Crippen LogP contribution in [0.4, 0.5) is 0 Å². The number of rotatable bonds is 6. The number of nitrogens with zero attached hydrogens (tertiary/aromatic N) is 2. The minimum Gasteiger partial charge on any atom is -0.312 e. The number of carbonyl (C=O) groups is 1. The molecule has 1 amide bonds. The minimum absolute atomic E-state index is 0.136. The standard InChI is InChI=1S/C22H24N2O3S2/c1-5-12-24-19-11-10-16(6-2)13-20(19)28-22(24)23-21(25)17-8-7-9-18(14-17)29(26,27)15(3)4/h5,7-11,13-15H,1,6,12H2,2-4H3. The van der Waals surface area contributed by atoms with Crippen molar-refractivity contribution < 1.29 is 13.2 Å². The molecule has 0 atom stereocenters. The number of amides is 1. The van der Waals surface area contributed by atoms with Crippen molar-refractivity contribution in [2.24, 2.45) is 4.99 Å². The predicted molar refractivity (Wildman–Crippen MR) is 118 cm³/mol. The van der Waals surface area contributed by atoms with E-state index in [-0.39, 0.29) is 10.5 Å². The SMILES string of the molecule is C=CCn1c(=NC(=O)c2cccc(S(=O)(=O)C(C)C)c2)sc2cc(CC)ccc21. The zero-order valence-corrected chi connectivity index (χ0v) is 18.4. The van der Waals surface area contributed by atoms with Gasteiger partial charge in [0.25, 0.3) is 5.91 Å². The van der Waals surface area contributed by atoms with E-state index in [2.05, 4.69) is 30.6 Å². The molecule has 5 nitrogen and oxygen atoms in total. The van der Waals surface area contributed by atoms with Crippen LogP contribution in [0, 0.1) is 0 Å². The average molecular weight is 429 g/mol. The number of thiazole rings is 1. The van der Waals surface area contributed by atoms with E-state index in [0.717, 1.165) is 16.6 Å². The van der Waals surface area contributed by atoms with Gasteiger partial charge >= 0.3 is 0 Å². The summed E-state index contributed by atoms with van der Waals surface area (Å²) in [7, 11) is -3.46. The fraction of sp³-hybridized carbons (Fsp3) is 0.273. The molecule has 0 N–H and O–H groups in total. The van der Waals surface area contributed by atoms with Crippen molar-refractivity contribution >= 4 is 37.3 Å². The van der Waals surface area contributed by atoms with Gasteiger partial charge in [0, 0.05) is 12.1 Å². The highest BCUT2D eigenvalue weighted by atomic mass is 32.2. The van der Waals surface area contributed by atoms with Gasteiger partial charge in [0.1, 0.15) is 0 Å². The summed E-state index contributed by atoms with van der Waals surface area (Å²) in [5, 5.41) is -0.560. The van der Waals surface area contributed by atoms with Crippen molar-refractivity contribution in [1.82, 2.24) is 4.57 Å². The number of hydrogen-bond donors (Lipinski definition) is 0. The lowest BCUT2D eigenvalue weighted by Crippen LogP contribution is -2.17. The van der Waals surface area contributed by atoms with Gasteiger partial charge < -0.3 is 4.57 Å². The van der Waals surface area contributed by atoms with Crippen molar-refractivity contribution in [1.29, 1.82) is 0 Å². The largest absolute Gasteiger partial charge is 0.312 e. The van der Waals surface area contributed by atoms with E-state index in [1.807, 2.05) is 10.6 Å². The quantitative estimate of drug-likeness (QED) is 0.547. The van der Waals surface area contributed by atoms with Gasteiger partial charge in [0.15, 0.2) is 14.6 Å². The maximum absolute atomic E-state index is 12.8. The van der Waals surface area contributed by atoms with Crippen LogP contribution in [0.25, 0.3) is 10.2 Å². The molecule has 0 saturated carbocycles. The molecule has 1 heterocycles. The van der Waals surface area contributed by atoms with Crippen molar-refractivity contribution in [3.63, 3.8) is 0 Å². The topological polar surface area (TPSA) is 68.5 Å². The van der Waals surface area contributed by atoms with E-state index in [0.29, 0.717) is 11.3 Å². The fourth-order valence-electron chi connectivity index (χ4n) is 2.96. The summed E-state index contributed by atoms with van der Waals surface area (Å²) in [5.41, 5.74) is 2.47. The number of benzene rings is 2. The fourth-order valence-corrected chi connectivity index (χ4v) is 5.16. The Morgan fingerprint density at radius 1 is 1.24 bits per heavy atom. The summed E-state index contributed by atoms with van der Waals surface area (Å²) < 4.78 is 27.8. The Hall–Kier alpha value is -2.51. The summed E-state index contributed by atoms with van der Waals surface area (Å²) in [6.07, 6.45) is 2.69. The van der Waals surface area contributed by atoms with Crippen molar-refractivity contribution in [3.05, 3.63) is 71.0 Å². The number of aromatic nitrogens is 1. The number of aryl methyl sites for hydroxylation is 1. The Morgan fingerprint density at radius 3 is 2.66 bits per heavy atom. The first kappa shape index (κ1) is 21.2. The smallest absolute Gasteiger partial charge is 0.279 e. The van der Waals surface area contributed by atoms with Gasteiger partial charge in [0.2, 0.25) is 0 Å². The van der Waals surface area contributed by atoms with Gasteiger partial charge in [-0.3, -0.25) is 4.79 Å². The molecule has 0 unspecified atom stereocenters. The Balaban J connectivity index is 2.11. The summed E-state index contributed by atoms with van der Waals surface area (Å²) in [5.74, 6) is -0.467. The van der Waals surface area contributed by atoms with Crippen LogP contribution in [0.3, 0.4) is 0 Å². The van der Waals surface area contributed by atoms with E-state index >= 15 is 0 Å². The van der Waals surface area contributed by atoms with Crippen LogP contribution in [-0.2, 0) is 22.8 Å². The molecule has 0 radical (unpaired) electrons.